The summed E-state index contributed by atoms with van der Waals surface area (Å²) in [6.07, 6.45) is 3.12. The Morgan fingerprint density at radius 3 is 3.09 bits per heavy atom. The number of aliphatic hydroxyl groups excluding tert-OH is 1. The van der Waals surface area contributed by atoms with Crippen molar-refractivity contribution in [2.45, 2.75) is 38.6 Å². The Hall–Kier alpha value is -1.82. The van der Waals surface area contributed by atoms with Crippen LogP contribution in [0.2, 0.25) is 0 Å². The fourth-order valence-electron chi connectivity index (χ4n) is 2.78. The van der Waals surface area contributed by atoms with E-state index >= 15 is 0 Å². The molecule has 0 aromatic heterocycles. The summed E-state index contributed by atoms with van der Waals surface area (Å²) in [5, 5.41) is 14.8. The van der Waals surface area contributed by atoms with Crippen LogP contribution < -0.4 is 15.4 Å². The van der Waals surface area contributed by atoms with Gasteiger partial charge in [0.2, 0.25) is 0 Å². The van der Waals surface area contributed by atoms with Crippen molar-refractivity contribution in [3.63, 3.8) is 0 Å². The number of nitrogens with one attached hydrogen (secondary N) is 2. The first-order chi connectivity index (χ1) is 11.1. The zero-order chi connectivity index (χ0) is 16.7. The van der Waals surface area contributed by atoms with Crippen LogP contribution in [0, 0.1) is 11.7 Å². The van der Waals surface area contributed by atoms with Crippen molar-refractivity contribution < 1.29 is 19.0 Å². The van der Waals surface area contributed by atoms with E-state index in [1.807, 2.05) is 6.92 Å². The summed E-state index contributed by atoms with van der Waals surface area (Å²) < 4.78 is 18.9. The number of ether oxygens (including phenoxy) is 1. The highest BCUT2D eigenvalue weighted by Crippen LogP contribution is 2.31. The standard InChI is InChI=1S/C17H25FN2O3/c1-2-12(7-8-21)11-19-17(22)20-15-4-3-9-23-16-10-13(18)5-6-14(15)16/h5-6,10,12,15,21H,2-4,7-9,11H2,1H3,(H2,19,20,22). The van der Waals surface area contributed by atoms with Gasteiger partial charge in [0.25, 0.3) is 0 Å². The van der Waals surface area contributed by atoms with Crippen molar-refractivity contribution in [3.8, 4) is 5.75 Å². The van der Waals surface area contributed by atoms with Crippen LogP contribution in [0.1, 0.15) is 44.2 Å². The third kappa shape index (κ3) is 5.10. The summed E-state index contributed by atoms with van der Waals surface area (Å²) in [7, 11) is 0. The number of urea groups is 1. The van der Waals surface area contributed by atoms with E-state index in [0.717, 1.165) is 24.8 Å². The van der Waals surface area contributed by atoms with Gasteiger partial charge in [0.15, 0.2) is 0 Å². The molecule has 0 saturated heterocycles. The number of carbonyl (C=O) groups is 1. The van der Waals surface area contributed by atoms with Crippen molar-refractivity contribution >= 4 is 6.03 Å². The number of rotatable bonds is 6. The van der Waals surface area contributed by atoms with Crippen LogP contribution in [0.3, 0.4) is 0 Å². The lowest BCUT2D eigenvalue weighted by atomic mass is 10.0. The van der Waals surface area contributed by atoms with E-state index in [1.165, 1.54) is 12.1 Å². The molecule has 1 aromatic rings. The summed E-state index contributed by atoms with van der Waals surface area (Å²) in [4.78, 5) is 12.1. The van der Waals surface area contributed by atoms with Gasteiger partial charge in [-0.2, -0.15) is 0 Å². The van der Waals surface area contributed by atoms with Gasteiger partial charge in [-0.3, -0.25) is 0 Å². The SMILES string of the molecule is CCC(CCO)CNC(=O)NC1CCCOc2cc(F)ccc21. The molecule has 0 aliphatic carbocycles. The minimum absolute atomic E-state index is 0.126. The first-order valence-electron chi connectivity index (χ1n) is 8.21. The van der Waals surface area contributed by atoms with Gasteiger partial charge in [-0.1, -0.05) is 19.4 Å². The van der Waals surface area contributed by atoms with Crippen LogP contribution in [-0.2, 0) is 0 Å². The maximum Gasteiger partial charge on any atom is 0.315 e. The van der Waals surface area contributed by atoms with Crippen LogP contribution >= 0.6 is 0 Å². The number of benzene rings is 1. The highest BCUT2D eigenvalue weighted by atomic mass is 19.1. The summed E-state index contributed by atoms with van der Waals surface area (Å²) >= 11 is 0. The van der Waals surface area contributed by atoms with Gasteiger partial charge in [-0.25, -0.2) is 9.18 Å². The van der Waals surface area contributed by atoms with Crippen molar-refractivity contribution in [2.24, 2.45) is 5.92 Å². The van der Waals surface area contributed by atoms with Crippen molar-refractivity contribution in [2.75, 3.05) is 19.8 Å². The average molecular weight is 324 g/mol. The Morgan fingerprint density at radius 2 is 2.35 bits per heavy atom. The minimum atomic E-state index is -0.344. The largest absolute Gasteiger partial charge is 0.493 e. The highest BCUT2D eigenvalue weighted by Gasteiger charge is 2.22. The lowest BCUT2D eigenvalue weighted by Crippen LogP contribution is -2.40. The number of halogens is 1. The first-order valence-corrected chi connectivity index (χ1v) is 8.21. The minimum Gasteiger partial charge on any atom is -0.493 e. The molecule has 3 N–H and O–H groups in total. The van der Waals surface area contributed by atoms with Crippen LogP contribution in [-0.4, -0.2) is 30.9 Å². The van der Waals surface area contributed by atoms with E-state index in [9.17, 15) is 9.18 Å². The number of carbonyl (C=O) groups excluding carboxylic acids is 1. The Kier molecular flexibility index (Phi) is 6.65. The summed E-state index contributed by atoms with van der Waals surface area (Å²) in [5.74, 6) is 0.424. The summed E-state index contributed by atoms with van der Waals surface area (Å²) in [5.41, 5.74) is 0.807. The first kappa shape index (κ1) is 17.5. The molecule has 128 valence electrons. The predicted molar refractivity (Wildman–Crippen MR) is 85.9 cm³/mol. The van der Waals surface area contributed by atoms with Crippen molar-refractivity contribution in [1.82, 2.24) is 10.6 Å². The second-order valence-electron chi connectivity index (χ2n) is 5.87. The molecule has 2 atom stereocenters. The molecule has 0 bridgehead atoms. The lowest BCUT2D eigenvalue weighted by Gasteiger charge is -2.20. The molecule has 0 fully saturated rings. The van der Waals surface area contributed by atoms with Gasteiger partial charge in [-0.15, -0.1) is 0 Å². The van der Waals surface area contributed by atoms with E-state index in [-0.39, 0.29) is 30.4 Å². The van der Waals surface area contributed by atoms with E-state index in [2.05, 4.69) is 10.6 Å². The molecule has 0 saturated carbocycles. The zero-order valence-corrected chi connectivity index (χ0v) is 13.5. The third-order valence-electron chi connectivity index (χ3n) is 4.22. The van der Waals surface area contributed by atoms with Gasteiger partial charge < -0.3 is 20.5 Å². The molecule has 6 heteroatoms. The molecule has 2 amide bonds. The molecule has 0 spiro atoms. The van der Waals surface area contributed by atoms with Crippen LogP contribution in [0.15, 0.2) is 18.2 Å². The quantitative estimate of drug-likeness (QED) is 0.753. The van der Waals surface area contributed by atoms with Crippen molar-refractivity contribution in [1.29, 1.82) is 0 Å². The molecule has 23 heavy (non-hydrogen) atoms. The highest BCUT2D eigenvalue weighted by molar-refractivity contribution is 5.74. The van der Waals surface area contributed by atoms with Gasteiger partial charge >= 0.3 is 6.03 Å². The molecule has 1 aliphatic heterocycles. The molecule has 2 unspecified atom stereocenters. The molecule has 0 radical (unpaired) electrons. The number of hydrogen-bond donors (Lipinski definition) is 3. The number of aliphatic hydroxyl groups is 1. The molecule has 5 nitrogen and oxygen atoms in total. The monoisotopic (exact) mass is 324 g/mol. The average Bonchev–Trinajstić information content (AvgIpc) is 2.73. The second-order valence-corrected chi connectivity index (χ2v) is 5.87. The Bertz CT molecular complexity index is 525. The molecule has 1 heterocycles. The van der Waals surface area contributed by atoms with Gasteiger partial charge in [-0.05, 0) is 31.2 Å². The van der Waals surface area contributed by atoms with E-state index in [0.29, 0.717) is 25.3 Å². The number of hydrogen-bond acceptors (Lipinski definition) is 3. The predicted octanol–water partition coefficient (Wildman–Crippen LogP) is 2.75. The molecule has 1 aromatic carbocycles. The normalized spacial score (nSPS) is 18.3. The topological polar surface area (TPSA) is 70.6 Å². The van der Waals surface area contributed by atoms with Gasteiger partial charge in [0, 0.05) is 24.8 Å². The second kappa shape index (κ2) is 8.72. The fraction of sp³-hybridized carbons (Fsp3) is 0.588. The zero-order valence-electron chi connectivity index (χ0n) is 13.5. The summed E-state index contributed by atoms with van der Waals surface area (Å²) in [6, 6.07) is 3.98. The molecule has 1 aliphatic rings. The number of amides is 2. The molecular weight excluding hydrogens is 299 g/mol. The Labute approximate surface area is 136 Å². The fourth-order valence-corrected chi connectivity index (χ4v) is 2.78. The molecular formula is C17H25FN2O3. The van der Waals surface area contributed by atoms with Gasteiger partial charge in [0.05, 0.1) is 12.6 Å². The Morgan fingerprint density at radius 1 is 1.52 bits per heavy atom. The number of fused-ring (bicyclic) bond motifs is 1. The van der Waals surface area contributed by atoms with Crippen LogP contribution in [0.5, 0.6) is 5.75 Å². The maximum atomic E-state index is 13.3. The summed E-state index contributed by atoms with van der Waals surface area (Å²) in [6.45, 7) is 3.21. The van der Waals surface area contributed by atoms with Crippen LogP contribution in [0.4, 0.5) is 9.18 Å². The van der Waals surface area contributed by atoms with Crippen LogP contribution in [0.25, 0.3) is 0 Å². The smallest absolute Gasteiger partial charge is 0.315 e. The maximum absolute atomic E-state index is 13.3. The van der Waals surface area contributed by atoms with E-state index in [4.69, 9.17) is 9.84 Å². The molecule has 2 rings (SSSR count). The van der Waals surface area contributed by atoms with Gasteiger partial charge in [0.1, 0.15) is 11.6 Å². The van der Waals surface area contributed by atoms with Crippen molar-refractivity contribution in [3.05, 3.63) is 29.6 Å². The van der Waals surface area contributed by atoms with E-state index < -0.39 is 0 Å². The third-order valence-corrected chi connectivity index (χ3v) is 4.22. The lowest BCUT2D eigenvalue weighted by molar-refractivity contribution is 0.227. The Balaban J connectivity index is 1.95. The van der Waals surface area contributed by atoms with E-state index in [1.54, 1.807) is 6.07 Å².